The van der Waals surface area contributed by atoms with Crippen LogP contribution < -0.4 is 19.5 Å². The van der Waals surface area contributed by atoms with Gasteiger partial charge in [0.25, 0.3) is 5.91 Å². The van der Waals surface area contributed by atoms with Crippen LogP contribution in [0.4, 0.5) is 0 Å². The van der Waals surface area contributed by atoms with Crippen LogP contribution in [0.3, 0.4) is 0 Å². The minimum atomic E-state index is -3.75. The first kappa shape index (κ1) is 19.7. The maximum Gasteiger partial charge on any atom is 0.251 e. The SMILES string of the molecule is C#CCNS(=O)(=O)c1cccc(C(=O)NCCc2ccc3c(c2)OCCO3)c1. The van der Waals surface area contributed by atoms with Crippen molar-refractivity contribution in [3.05, 3.63) is 53.6 Å². The van der Waals surface area contributed by atoms with Crippen molar-refractivity contribution in [3.63, 3.8) is 0 Å². The maximum absolute atomic E-state index is 12.4. The van der Waals surface area contributed by atoms with Gasteiger partial charge in [-0.2, -0.15) is 4.72 Å². The third-order valence-electron chi connectivity index (χ3n) is 4.08. The van der Waals surface area contributed by atoms with E-state index in [9.17, 15) is 13.2 Å². The lowest BCUT2D eigenvalue weighted by atomic mass is 10.1. The molecule has 2 aromatic rings. The number of sulfonamides is 1. The Morgan fingerprint density at radius 3 is 2.68 bits per heavy atom. The monoisotopic (exact) mass is 400 g/mol. The van der Waals surface area contributed by atoms with E-state index in [1.54, 1.807) is 6.07 Å². The molecule has 2 N–H and O–H groups in total. The first-order valence-corrected chi connectivity index (χ1v) is 10.2. The van der Waals surface area contributed by atoms with E-state index in [1.807, 2.05) is 18.2 Å². The smallest absolute Gasteiger partial charge is 0.251 e. The Morgan fingerprint density at radius 2 is 1.89 bits per heavy atom. The van der Waals surface area contributed by atoms with Crippen molar-refractivity contribution < 1.29 is 22.7 Å². The first-order chi connectivity index (χ1) is 13.5. The predicted molar refractivity (Wildman–Crippen MR) is 104 cm³/mol. The lowest BCUT2D eigenvalue weighted by molar-refractivity contribution is 0.0954. The molecule has 2 aromatic carbocycles. The molecule has 0 aliphatic carbocycles. The fraction of sp³-hybridized carbons (Fsp3) is 0.250. The summed E-state index contributed by atoms with van der Waals surface area (Å²) in [6.07, 6.45) is 5.68. The lowest BCUT2D eigenvalue weighted by Crippen LogP contribution is -2.27. The van der Waals surface area contributed by atoms with E-state index in [0.717, 1.165) is 11.3 Å². The average Bonchev–Trinajstić information content (AvgIpc) is 2.72. The van der Waals surface area contributed by atoms with Gasteiger partial charge in [-0.1, -0.05) is 18.1 Å². The van der Waals surface area contributed by atoms with Crippen molar-refractivity contribution in [2.24, 2.45) is 0 Å². The van der Waals surface area contributed by atoms with Crippen molar-refractivity contribution in [1.82, 2.24) is 10.0 Å². The molecular formula is C20H20N2O5S. The normalized spacial score (nSPS) is 12.8. The molecule has 1 aliphatic heterocycles. The molecule has 0 saturated heterocycles. The number of amides is 1. The Labute approximate surface area is 164 Å². The quantitative estimate of drug-likeness (QED) is 0.684. The van der Waals surface area contributed by atoms with Crippen molar-refractivity contribution in [1.29, 1.82) is 0 Å². The number of nitrogens with one attached hydrogen (secondary N) is 2. The van der Waals surface area contributed by atoms with Crippen LogP contribution >= 0.6 is 0 Å². The Bertz CT molecular complexity index is 1010. The Hall–Kier alpha value is -3.02. The highest BCUT2D eigenvalue weighted by Crippen LogP contribution is 2.30. The fourth-order valence-electron chi connectivity index (χ4n) is 2.69. The zero-order valence-electron chi connectivity index (χ0n) is 15.1. The van der Waals surface area contributed by atoms with Crippen molar-refractivity contribution in [2.45, 2.75) is 11.3 Å². The van der Waals surface area contributed by atoms with Gasteiger partial charge in [0.05, 0.1) is 11.4 Å². The van der Waals surface area contributed by atoms with Crippen LogP contribution in [0.25, 0.3) is 0 Å². The summed E-state index contributed by atoms with van der Waals surface area (Å²) in [5.74, 6) is 3.27. The highest BCUT2D eigenvalue weighted by atomic mass is 32.2. The van der Waals surface area contributed by atoms with Gasteiger partial charge in [-0.15, -0.1) is 6.42 Å². The van der Waals surface area contributed by atoms with Crippen molar-refractivity contribution in [3.8, 4) is 23.8 Å². The standard InChI is InChI=1S/C20H20N2O5S/c1-2-9-22-28(24,25)17-5-3-4-16(14-17)20(23)21-10-8-15-6-7-18-19(13-15)27-12-11-26-18/h1,3-7,13-14,22H,8-12H2,(H,21,23). The molecule has 0 unspecified atom stereocenters. The minimum Gasteiger partial charge on any atom is -0.486 e. The molecule has 7 nitrogen and oxygen atoms in total. The first-order valence-electron chi connectivity index (χ1n) is 8.69. The second-order valence-electron chi connectivity index (χ2n) is 6.04. The van der Waals surface area contributed by atoms with Crippen LogP contribution in [0.15, 0.2) is 47.4 Å². The van der Waals surface area contributed by atoms with E-state index in [1.165, 1.54) is 18.2 Å². The summed E-state index contributed by atoms with van der Waals surface area (Å²) >= 11 is 0. The van der Waals surface area contributed by atoms with E-state index in [4.69, 9.17) is 15.9 Å². The number of terminal acetylenes is 1. The molecule has 0 atom stereocenters. The molecule has 0 aromatic heterocycles. The average molecular weight is 400 g/mol. The second kappa shape index (κ2) is 8.78. The van der Waals surface area contributed by atoms with Gasteiger partial charge >= 0.3 is 0 Å². The van der Waals surface area contributed by atoms with E-state index < -0.39 is 10.0 Å². The van der Waals surface area contributed by atoms with Gasteiger partial charge in [-0.05, 0) is 42.3 Å². The maximum atomic E-state index is 12.4. The molecule has 0 fully saturated rings. The molecule has 8 heteroatoms. The summed E-state index contributed by atoms with van der Waals surface area (Å²) < 4.78 is 37.5. The summed E-state index contributed by atoms with van der Waals surface area (Å²) in [5, 5.41) is 2.79. The van der Waals surface area contributed by atoms with E-state index in [2.05, 4.69) is 16.0 Å². The fourth-order valence-corrected chi connectivity index (χ4v) is 3.67. The molecule has 146 valence electrons. The van der Waals surface area contributed by atoms with Crippen LogP contribution in [0, 0.1) is 12.3 Å². The number of benzene rings is 2. The van der Waals surface area contributed by atoms with Crippen LogP contribution in [0.1, 0.15) is 15.9 Å². The molecule has 1 amide bonds. The number of carbonyl (C=O) groups excluding carboxylic acids is 1. The minimum absolute atomic E-state index is 0.0118. The Morgan fingerprint density at radius 1 is 1.11 bits per heavy atom. The Kier molecular flexibility index (Phi) is 6.19. The van der Waals surface area contributed by atoms with Gasteiger partial charge in [0, 0.05) is 12.1 Å². The molecular weight excluding hydrogens is 380 g/mol. The van der Waals surface area contributed by atoms with Gasteiger partial charge in [-0.25, -0.2) is 8.42 Å². The summed E-state index contributed by atoms with van der Waals surface area (Å²) in [7, 11) is -3.75. The number of hydrogen-bond donors (Lipinski definition) is 2. The third-order valence-corrected chi connectivity index (χ3v) is 5.48. The number of rotatable bonds is 7. The van der Waals surface area contributed by atoms with Crippen LogP contribution in [0.2, 0.25) is 0 Å². The van der Waals surface area contributed by atoms with Gasteiger partial charge in [0.1, 0.15) is 13.2 Å². The number of carbonyl (C=O) groups is 1. The zero-order valence-corrected chi connectivity index (χ0v) is 15.9. The van der Waals surface area contributed by atoms with Crippen LogP contribution in [-0.4, -0.2) is 40.6 Å². The van der Waals surface area contributed by atoms with E-state index >= 15 is 0 Å². The van der Waals surface area contributed by atoms with Gasteiger partial charge in [-0.3, -0.25) is 4.79 Å². The van der Waals surface area contributed by atoms with Crippen LogP contribution in [0.5, 0.6) is 11.5 Å². The third kappa shape index (κ3) is 4.82. The number of ether oxygens (including phenoxy) is 2. The number of fused-ring (bicyclic) bond motifs is 1. The molecule has 1 heterocycles. The predicted octanol–water partition coefficient (Wildman–Crippen LogP) is 1.34. The molecule has 1 aliphatic rings. The molecule has 0 bridgehead atoms. The van der Waals surface area contributed by atoms with Gasteiger partial charge < -0.3 is 14.8 Å². The highest BCUT2D eigenvalue weighted by molar-refractivity contribution is 7.89. The molecule has 28 heavy (non-hydrogen) atoms. The second-order valence-corrected chi connectivity index (χ2v) is 7.81. The van der Waals surface area contributed by atoms with E-state index in [-0.39, 0.29) is 22.9 Å². The van der Waals surface area contributed by atoms with Crippen molar-refractivity contribution in [2.75, 3.05) is 26.3 Å². The molecule has 0 spiro atoms. The van der Waals surface area contributed by atoms with E-state index in [0.29, 0.717) is 31.9 Å². The molecule has 0 radical (unpaired) electrons. The topological polar surface area (TPSA) is 93.7 Å². The summed E-state index contributed by atoms with van der Waals surface area (Å²) in [6, 6.07) is 11.5. The summed E-state index contributed by atoms with van der Waals surface area (Å²) in [6.45, 7) is 1.33. The summed E-state index contributed by atoms with van der Waals surface area (Å²) in [4.78, 5) is 12.3. The summed E-state index contributed by atoms with van der Waals surface area (Å²) in [5.41, 5.74) is 1.25. The Balaban J connectivity index is 1.59. The van der Waals surface area contributed by atoms with Crippen molar-refractivity contribution >= 4 is 15.9 Å². The largest absolute Gasteiger partial charge is 0.486 e. The zero-order chi connectivity index (χ0) is 20.0. The lowest BCUT2D eigenvalue weighted by Gasteiger charge is -2.18. The highest BCUT2D eigenvalue weighted by Gasteiger charge is 2.16. The van der Waals surface area contributed by atoms with Gasteiger partial charge in [0.15, 0.2) is 11.5 Å². The molecule has 3 rings (SSSR count). The molecule has 0 saturated carbocycles. The van der Waals surface area contributed by atoms with Gasteiger partial charge in [0.2, 0.25) is 10.0 Å². The van der Waals surface area contributed by atoms with Crippen LogP contribution in [-0.2, 0) is 16.4 Å². The number of hydrogen-bond acceptors (Lipinski definition) is 5.